The minimum atomic E-state index is 0.455. The second-order valence-corrected chi connectivity index (χ2v) is 5.82. The summed E-state index contributed by atoms with van der Waals surface area (Å²) in [4.78, 5) is 4.69. The third-order valence-electron chi connectivity index (χ3n) is 3.85. The molecule has 4 heteroatoms. The van der Waals surface area contributed by atoms with Crippen LogP contribution in [0.3, 0.4) is 0 Å². The average molecular weight is 303 g/mol. The molecule has 21 heavy (non-hydrogen) atoms. The summed E-state index contributed by atoms with van der Waals surface area (Å²) in [6.07, 6.45) is 4.59. The van der Waals surface area contributed by atoms with Gasteiger partial charge in [0.05, 0.1) is 0 Å². The highest BCUT2D eigenvalue weighted by Crippen LogP contribution is 2.26. The van der Waals surface area contributed by atoms with E-state index >= 15 is 0 Å². The van der Waals surface area contributed by atoms with E-state index in [1.807, 2.05) is 24.3 Å². The fourth-order valence-corrected chi connectivity index (χ4v) is 2.79. The fraction of sp³-hybridized carbons (Fsp3) is 0.353. The van der Waals surface area contributed by atoms with Gasteiger partial charge in [-0.25, -0.2) is 4.98 Å². The first-order chi connectivity index (χ1) is 10.3. The number of halogens is 1. The van der Waals surface area contributed by atoms with E-state index < -0.39 is 0 Å². The zero-order chi connectivity index (χ0) is 14.7. The van der Waals surface area contributed by atoms with Crippen LogP contribution < -0.4 is 10.5 Å². The Kier molecular flexibility index (Phi) is 4.42. The topological polar surface area (TPSA) is 48.1 Å². The highest BCUT2D eigenvalue weighted by molar-refractivity contribution is 6.30. The van der Waals surface area contributed by atoms with Crippen molar-refractivity contribution < 1.29 is 4.74 Å². The number of aryl methyl sites for hydroxylation is 2. The van der Waals surface area contributed by atoms with E-state index in [0.717, 1.165) is 29.0 Å². The summed E-state index contributed by atoms with van der Waals surface area (Å²) < 4.78 is 5.89. The predicted octanol–water partition coefficient (Wildman–Crippen LogP) is 3.65. The van der Waals surface area contributed by atoms with Gasteiger partial charge in [-0.05, 0) is 55.0 Å². The van der Waals surface area contributed by atoms with Crippen molar-refractivity contribution in [3.8, 4) is 5.88 Å². The number of hydrogen-bond donors (Lipinski definition) is 1. The molecule has 110 valence electrons. The van der Waals surface area contributed by atoms with Gasteiger partial charge < -0.3 is 10.5 Å². The van der Waals surface area contributed by atoms with E-state index in [2.05, 4.69) is 11.1 Å². The highest BCUT2D eigenvalue weighted by atomic mass is 35.5. The first-order valence-corrected chi connectivity index (χ1v) is 7.73. The maximum atomic E-state index is 5.89. The molecule has 0 unspecified atom stereocenters. The largest absolute Gasteiger partial charge is 0.473 e. The Morgan fingerprint density at radius 3 is 2.67 bits per heavy atom. The van der Waals surface area contributed by atoms with E-state index in [0.29, 0.717) is 19.0 Å². The number of pyridine rings is 1. The molecule has 1 aliphatic rings. The summed E-state index contributed by atoms with van der Waals surface area (Å²) in [5.74, 6) is 0.674. The van der Waals surface area contributed by atoms with Crippen molar-refractivity contribution in [1.29, 1.82) is 0 Å². The predicted molar refractivity (Wildman–Crippen MR) is 84.6 cm³/mol. The lowest BCUT2D eigenvalue weighted by Gasteiger charge is -2.18. The number of benzene rings is 1. The molecule has 0 fully saturated rings. The van der Waals surface area contributed by atoms with Crippen LogP contribution in [-0.4, -0.2) is 4.98 Å². The van der Waals surface area contributed by atoms with Gasteiger partial charge in [-0.1, -0.05) is 23.7 Å². The molecule has 2 N–H and O–H groups in total. The lowest BCUT2D eigenvalue weighted by atomic mass is 9.95. The molecule has 1 aromatic carbocycles. The zero-order valence-corrected chi connectivity index (χ0v) is 12.7. The zero-order valence-electron chi connectivity index (χ0n) is 11.9. The summed E-state index contributed by atoms with van der Waals surface area (Å²) in [6.45, 7) is 0.937. The maximum Gasteiger partial charge on any atom is 0.218 e. The Balaban J connectivity index is 1.79. The summed E-state index contributed by atoms with van der Waals surface area (Å²) in [5.41, 5.74) is 10.4. The Morgan fingerprint density at radius 2 is 1.90 bits per heavy atom. The maximum absolute atomic E-state index is 5.89. The second kappa shape index (κ2) is 6.46. The van der Waals surface area contributed by atoms with Gasteiger partial charge in [0.15, 0.2) is 0 Å². The quantitative estimate of drug-likeness (QED) is 0.938. The SMILES string of the molecule is NCc1cc2c(nc1OCc1ccc(Cl)cc1)CCCC2. The van der Waals surface area contributed by atoms with Gasteiger partial charge in [-0.15, -0.1) is 0 Å². The third-order valence-corrected chi connectivity index (χ3v) is 4.10. The van der Waals surface area contributed by atoms with E-state index in [1.165, 1.54) is 24.1 Å². The normalized spacial score (nSPS) is 13.8. The van der Waals surface area contributed by atoms with Crippen LogP contribution in [0.15, 0.2) is 30.3 Å². The van der Waals surface area contributed by atoms with Crippen LogP contribution in [0, 0.1) is 0 Å². The van der Waals surface area contributed by atoms with Crippen molar-refractivity contribution in [1.82, 2.24) is 4.98 Å². The van der Waals surface area contributed by atoms with Gasteiger partial charge >= 0.3 is 0 Å². The molecule has 3 rings (SSSR count). The van der Waals surface area contributed by atoms with Crippen LogP contribution in [0.25, 0.3) is 0 Å². The molecule has 1 aliphatic carbocycles. The molecule has 3 nitrogen and oxygen atoms in total. The van der Waals surface area contributed by atoms with E-state index in [-0.39, 0.29) is 0 Å². The van der Waals surface area contributed by atoms with Crippen LogP contribution in [-0.2, 0) is 26.0 Å². The van der Waals surface area contributed by atoms with Gasteiger partial charge in [0.2, 0.25) is 5.88 Å². The lowest BCUT2D eigenvalue weighted by molar-refractivity contribution is 0.289. The first-order valence-electron chi connectivity index (χ1n) is 7.35. The Morgan fingerprint density at radius 1 is 1.14 bits per heavy atom. The number of hydrogen-bond acceptors (Lipinski definition) is 3. The summed E-state index contributed by atoms with van der Waals surface area (Å²) in [5, 5.41) is 0.730. The van der Waals surface area contributed by atoms with Gasteiger partial charge in [0.1, 0.15) is 6.61 Å². The van der Waals surface area contributed by atoms with Gasteiger partial charge in [-0.3, -0.25) is 0 Å². The highest BCUT2D eigenvalue weighted by Gasteiger charge is 2.15. The van der Waals surface area contributed by atoms with Crippen LogP contribution in [0.2, 0.25) is 5.02 Å². The van der Waals surface area contributed by atoms with Crippen LogP contribution in [0.5, 0.6) is 5.88 Å². The van der Waals surface area contributed by atoms with E-state index in [1.54, 1.807) is 0 Å². The molecule has 0 bridgehead atoms. The number of ether oxygens (including phenoxy) is 1. The second-order valence-electron chi connectivity index (χ2n) is 5.38. The molecule has 0 saturated heterocycles. The van der Waals surface area contributed by atoms with Gasteiger partial charge in [0, 0.05) is 22.8 Å². The number of nitrogens with two attached hydrogens (primary N) is 1. The molecular weight excluding hydrogens is 284 g/mol. The Bertz CT molecular complexity index is 625. The molecule has 0 amide bonds. The molecule has 0 atom stereocenters. The van der Waals surface area contributed by atoms with Crippen molar-refractivity contribution in [3.05, 3.63) is 57.7 Å². The number of fused-ring (bicyclic) bond motifs is 1. The number of rotatable bonds is 4. The fourth-order valence-electron chi connectivity index (χ4n) is 2.67. The van der Waals surface area contributed by atoms with Crippen molar-refractivity contribution >= 4 is 11.6 Å². The van der Waals surface area contributed by atoms with Gasteiger partial charge in [0.25, 0.3) is 0 Å². The first kappa shape index (κ1) is 14.4. The minimum Gasteiger partial charge on any atom is -0.473 e. The number of aromatic nitrogens is 1. The smallest absolute Gasteiger partial charge is 0.218 e. The summed E-state index contributed by atoms with van der Waals surface area (Å²) in [6, 6.07) is 9.82. The van der Waals surface area contributed by atoms with Gasteiger partial charge in [-0.2, -0.15) is 0 Å². The Hall–Kier alpha value is -1.58. The average Bonchev–Trinajstić information content (AvgIpc) is 2.53. The van der Waals surface area contributed by atoms with Crippen molar-refractivity contribution in [2.75, 3.05) is 0 Å². The van der Waals surface area contributed by atoms with E-state index in [9.17, 15) is 0 Å². The third kappa shape index (κ3) is 3.36. The molecule has 0 saturated carbocycles. The van der Waals surface area contributed by atoms with Crippen molar-refractivity contribution in [3.63, 3.8) is 0 Å². The molecule has 0 aliphatic heterocycles. The molecule has 1 heterocycles. The molecule has 1 aromatic heterocycles. The van der Waals surface area contributed by atoms with E-state index in [4.69, 9.17) is 22.1 Å². The molecule has 0 spiro atoms. The van der Waals surface area contributed by atoms with Crippen LogP contribution in [0.4, 0.5) is 0 Å². The summed E-state index contributed by atoms with van der Waals surface area (Å²) in [7, 11) is 0. The standard InChI is InChI=1S/C17H19ClN2O/c18-15-7-5-12(6-8-15)11-21-17-14(10-19)9-13-3-1-2-4-16(13)20-17/h5-9H,1-4,10-11,19H2. The van der Waals surface area contributed by atoms with Crippen molar-refractivity contribution in [2.24, 2.45) is 5.73 Å². The Labute approximate surface area is 130 Å². The molecule has 0 radical (unpaired) electrons. The minimum absolute atomic E-state index is 0.455. The summed E-state index contributed by atoms with van der Waals surface area (Å²) >= 11 is 5.89. The number of nitrogens with zero attached hydrogens (tertiary/aromatic N) is 1. The molecule has 2 aromatic rings. The molecular formula is C17H19ClN2O. The van der Waals surface area contributed by atoms with Crippen LogP contribution in [0.1, 0.15) is 35.2 Å². The lowest BCUT2D eigenvalue weighted by Crippen LogP contribution is -2.11. The monoisotopic (exact) mass is 302 g/mol. The van der Waals surface area contributed by atoms with Crippen LogP contribution >= 0.6 is 11.6 Å². The van der Waals surface area contributed by atoms with Crippen molar-refractivity contribution in [2.45, 2.75) is 38.8 Å².